The maximum atomic E-state index is 6.37. The highest BCUT2D eigenvalue weighted by Gasteiger charge is 2.24. The molecule has 0 spiro atoms. The fourth-order valence-corrected chi connectivity index (χ4v) is 9.37. The van der Waals surface area contributed by atoms with Crippen LogP contribution in [0.4, 0.5) is 0 Å². The Hall–Kier alpha value is -7.76. The second-order valence-corrected chi connectivity index (χ2v) is 15.0. The molecule has 0 aliphatic carbocycles. The lowest BCUT2D eigenvalue weighted by atomic mass is 10.0. The smallest absolute Gasteiger partial charge is 0.235 e. The van der Waals surface area contributed by atoms with Gasteiger partial charge in [0.05, 0.1) is 39.0 Å². The Kier molecular flexibility index (Phi) is 6.10. The van der Waals surface area contributed by atoms with Crippen molar-refractivity contribution >= 4 is 98.0 Å². The maximum absolute atomic E-state index is 6.37. The van der Waals surface area contributed by atoms with Gasteiger partial charge in [0.15, 0.2) is 0 Å². The minimum Gasteiger partial charge on any atom is -0.456 e. The fourth-order valence-electron chi connectivity index (χ4n) is 9.37. The summed E-state index contributed by atoms with van der Waals surface area (Å²) < 4.78 is 11.1. The number of aromatic nitrogens is 4. The average Bonchev–Trinajstić information content (AvgIpc) is 3.91. The first kappa shape index (κ1) is 30.6. The molecule has 0 saturated carbocycles. The van der Waals surface area contributed by atoms with E-state index in [2.05, 4.69) is 179 Å². The minimum atomic E-state index is 0.619. The molecule has 57 heavy (non-hydrogen) atoms. The van der Waals surface area contributed by atoms with Crippen LogP contribution in [0.2, 0.25) is 0 Å². The Labute approximate surface area is 325 Å². The van der Waals surface area contributed by atoms with Gasteiger partial charge < -0.3 is 8.98 Å². The molecule has 0 aliphatic heterocycles. The van der Waals surface area contributed by atoms with Crippen LogP contribution in [0.3, 0.4) is 0 Å². The zero-order chi connectivity index (χ0) is 37.2. The molecule has 0 bridgehead atoms. The van der Waals surface area contributed by atoms with E-state index in [-0.39, 0.29) is 0 Å². The molecular formula is C52H30N4O. The van der Waals surface area contributed by atoms with Crippen molar-refractivity contribution in [2.45, 2.75) is 0 Å². The Morgan fingerprint density at radius 1 is 0.368 bits per heavy atom. The van der Waals surface area contributed by atoms with Crippen molar-refractivity contribution in [1.82, 2.24) is 19.1 Å². The zero-order valence-electron chi connectivity index (χ0n) is 30.5. The first-order valence-electron chi connectivity index (χ1n) is 19.3. The lowest BCUT2D eigenvalue weighted by Crippen LogP contribution is -2.04. The Morgan fingerprint density at radius 2 is 0.982 bits per heavy atom. The fraction of sp³-hybridized carbons (Fsp3) is 0. The predicted octanol–water partition coefficient (Wildman–Crippen LogP) is 13.7. The molecule has 4 heterocycles. The lowest BCUT2D eigenvalue weighted by Gasteiger charge is -2.16. The molecule has 0 fully saturated rings. The summed E-state index contributed by atoms with van der Waals surface area (Å²) in [4.78, 5) is 10.8. The Balaban J connectivity index is 1.16. The second kappa shape index (κ2) is 11.4. The summed E-state index contributed by atoms with van der Waals surface area (Å²) in [6.45, 7) is 0. The third-order valence-corrected chi connectivity index (χ3v) is 11.9. The van der Waals surface area contributed by atoms with Gasteiger partial charge in [0, 0.05) is 48.7 Å². The van der Waals surface area contributed by atoms with E-state index >= 15 is 0 Å². The standard InChI is InChI=1S/C52H30N4O/c1-2-14-32-28-45-41(27-31(32)13-1)36-17-6-10-22-43(36)55(45)51-35-16-4-3-15-33(35)29-46-49(51)40-20-7-11-23-44(40)56(46)52-53-42-21-9-5-19-39(42)50(54-52)34-25-26-38-37-18-8-12-24-47(37)57-48(38)30-34/h1-30H. The number of nitrogens with zero attached hydrogens (tertiary/aromatic N) is 4. The summed E-state index contributed by atoms with van der Waals surface area (Å²) in [5.74, 6) is 0.619. The van der Waals surface area contributed by atoms with E-state index in [0.717, 1.165) is 77.0 Å². The van der Waals surface area contributed by atoms with Crippen LogP contribution in [0.1, 0.15) is 0 Å². The lowest BCUT2D eigenvalue weighted by molar-refractivity contribution is 0.669. The van der Waals surface area contributed by atoms with Crippen LogP contribution in [0.15, 0.2) is 186 Å². The summed E-state index contributed by atoms with van der Waals surface area (Å²) in [5.41, 5.74) is 10.0. The average molecular weight is 727 g/mol. The SMILES string of the molecule is c1ccc2cc3c(cc2c1)c1ccccc1n3-c1c2ccccc2cc2c1c1ccccc1n2-c1nc(-c2ccc3c(c2)oc2ccccc23)c2ccccc2n1. The quantitative estimate of drug-likeness (QED) is 0.182. The van der Waals surface area contributed by atoms with Gasteiger partial charge in [-0.1, -0.05) is 127 Å². The van der Waals surface area contributed by atoms with Crippen molar-refractivity contribution in [1.29, 1.82) is 0 Å². The highest BCUT2D eigenvalue weighted by Crippen LogP contribution is 2.44. The molecular weight excluding hydrogens is 697 g/mol. The van der Waals surface area contributed by atoms with Gasteiger partial charge in [-0.3, -0.25) is 4.57 Å². The van der Waals surface area contributed by atoms with E-state index < -0.39 is 0 Å². The van der Waals surface area contributed by atoms with Crippen molar-refractivity contribution in [3.05, 3.63) is 182 Å². The topological polar surface area (TPSA) is 48.8 Å². The van der Waals surface area contributed by atoms with Crippen molar-refractivity contribution < 1.29 is 4.42 Å². The molecule has 0 unspecified atom stereocenters. The molecule has 9 aromatic carbocycles. The van der Waals surface area contributed by atoms with E-state index in [0.29, 0.717) is 5.95 Å². The predicted molar refractivity (Wildman–Crippen MR) is 236 cm³/mol. The van der Waals surface area contributed by atoms with Gasteiger partial charge in [-0.15, -0.1) is 0 Å². The molecule has 13 rings (SSSR count). The van der Waals surface area contributed by atoms with Crippen LogP contribution in [-0.4, -0.2) is 19.1 Å². The number of rotatable bonds is 3. The largest absolute Gasteiger partial charge is 0.456 e. The van der Waals surface area contributed by atoms with Gasteiger partial charge in [0.2, 0.25) is 5.95 Å². The Bertz CT molecular complexity index is 3830. The summed E-state index contributed by atoms with van der Waals surface area (Å²) in [6.07, 6.45) is 0. The van der Waals surface area contributed by atoms with Crippen molar-refractivity contribution in [3.63, 3.8) is 0 Å². The van der Waals surface area contributed by atoms with E-state index in [1.807, 2.05) is 12.1 Å². The van der Waals surface area contributed by atoms with Crippen LogP contribution in [-0.2, 0) is 0 Å². The number of hydrogen-bond donors (Lipinski definition) is 0. The van der Waals surface area contributed by atoms with Gasteiger partial charge in [-0.2, -0.15) is 0 Å². The van der Waals surface area contributed by atoms with Gasteiger partial charge in [0.1, 0.15) is 11.2 Å². The second-order valence-electron chi connectivity index (χ2n) is 15.0. The molecule has 4 aromatic heterocycles. The third kappa shape index (κ3) is 4.28. The minimum absolute atomic E-state index is 0.619. The highest BCUT2D eigenvalue weighted by molar-refractivity contribution is 6.23. The van der Waals surface area contributed by atoms with Gasteiger partial charge in [-0.25, -0.2) is 9.97 Å². The number of para-hydroxylation sites is 4. The summed E-state index contributed by atoms with van der Waals surface area (Å²) >= 11 is 0. The highest BCUT2D eigenvalue weighted by atomic mass is 16.3. The van der Waals surface area contributed by atoms with Crippen molar-refractivity contribution in [2.24, 2.45) is 0 Å². The maximum Gasteiger partial charge on any atom is 0.235 e. The third-order valence-electron chi connectivity index (χ3n) is 11.9. The molecule has 0 atom stereocenters. The van der Waals surface area contributed by atoms with Crippen LogP contribution in [0.25, 0.3) is 121 Å². The first-order chi connectivity index (χ1) is 28.3. The number of furan rings is 1. The van der Waals surface area contributed by atoms with E-state index in [1.54, 1.807) is 0 Å². The van der Waals surface area contributed by atoms with E-state index in [1.165, 1.54) is 38.0 Å². The molecule has 0 amide bonds. The number of fused-ring (bicyclic) bond motifs is 12. The molecule has 0 saturated heterocycles. The van der Waals surface area contributed by atoms with Gasteiger partial charge >= 0.3 is 0 Å². The van der Waals surface area contributed by atoms with Gasteiger partial charge in [-0.05, 0) is 70.8 Å². The van der Waals surface area contributed by atoms with Crippen LogP contribution >= 0.6 is 0 Å². The summed E-state index contributed by atoms with van der Waals surface area (Å²) in [7, 11) is 0. The molecule has 264 valence electrons. The normalized spacial score (nSPS) is 12.2. The van der Waals surface area contributed by atoms with Gasteiger partial charge in [0.25, 0.3) is 0 Å². The van der Waals surface area contributed by atoms with Crippen molar-refractivity contribution in [2.75, 3.05) is 0 Å². The van der Waals surface area contributed by atoms with Crippen LogP contribution in [0, 0.1) is 0 Å². The molecule has 0 N–H and O–H groups in total. The van der Waals surface area contributed by atoms with Crippen LogP contribution < -0.4 is 0 Å². The summed E-state index contributed by atoms with van der Waals surface area (Å²) in [5, 5.41) is 12.7. The number of hydrogen-bond acceptors (Lipinski definition) is 3. The van der Waals surface area contributed by atoms with E-state index in [9.17, 15) is 0 Å². The summed E-state index contributed by atoms with van der Waals surface area (Å²) in [6, 6.07) is 64.9. The molecule has 0 aliphatic rings. The molecule has 13 aromatic rings. The molecule has 5 heteroatoms. The zero-order valence-corrected chi connectivity index (χ0v) is 30.5. The molecule has 0 radical (unpaired) electrons. The monoisotopic (exact) mass is 726 g/mol. The number of benzene rings is 9. The Morgan fingerprint density at radius 3 is 1.82 bits per heavy atom. The first-order valence-corrected chi connectivity index (χ1v) is 19.3. The molecule has 5 nitrogen and oxygen atoms in total. The van der Waals surface area contributed by atoms with E-state index in [4.69, 9.17) is 14.4 Å². The van der Waals surface area contributed by atoms with Crippen molar-refractivity contribution in [3.8, 4) is 22.9 Å². The van der Waals surface area contributed by atoms with Crippen LogP contribution in [0.5, 0.6) is 0 Å².